The summed E-state index contributed by atoms with van der Waals surface area (Å²) in [7, 11) is 1.98. The van der Waals surface area contributed by atoms with E-state index >= 15 is 0 Å². The van der Waals surface area contributed by atoms with Gasteiger partial charge >= 0.3 is 6.16 Å². The lowest BCUT2D eigenvalue weighted by molar-refractivity contribution is 0.137. The highest BCUT2D eigenvalue weighted by molar-refractivity contribution is 6.32. The van der Waals surface area contributed by atoms with Crippen LogP contribution in [0.1, 0.15) is 82.3 Å². The van der Waals surface area contributed by atoms with Gasteiger partial charge in [-0.1, -0.05) is 50.3 Å². The minimum atomic E-state index is -1.83. The zero-order valence-electron chi connectivity index (χ0n) is 21.4. The first-order valence-corrected chi connectivity index (χ1v) is 12.9. The molecule has 0 atom stereocenters. The van der Waals surface area contributed by atoms with Crippen LogP contribution in [0.2, 0.25) is 5.02 Å². The number of hydrogen-bond acceptors (Lipinski definition) is 6. The average Bonchev–Trinajstić information content (AvgIpc) is 3.14. The predicted octanol–water partition coefficient (Wildman–Crippen LogP) is 6.64. The first kappa shape index (κ1) is 27.5. The summed E-state index contributed by atoms with van der Waals surface area (Å²) in [6.07, 6.45) is 6.38. The molecule has 0 amide bonds. The van der Waals surface area contributed by atoms with E-state index in [1.54, 1.807) is 0 Å². The maximum atomic E-state index is 8.56. The maximum Gasteiger partial charge on any atom is 0.503 e. The number of hydrogen-bond donors (Lipinski definition) is 3. The van der Waals surface area contributed by atoms with Crippen molar-refractivity contribution in [2.24, 2.45) is 7.05 Å². The summed E-state index contributed by atoms with van der Waals surface area (Å²) in [5.41, 5.74) is 4.10. The summed E-state index contributed by atoms with van der Waals surface area (Å²) < 4.78 is 7.68. The quantitative estimate of drug-likeness (QED) is 0.304. The minimum Gasteiger partial charge on any atom is -0.489 e. The van der Waals surface area contributed by atoms with Crippen molar-refractivity contribution in [1.29, 1.82) is 0 Å². The Kier molecular flexibility index (Phi) is 9.75. The molecule has 10 heteroatoms. The summed E-state index contributed by atoms with van der Waals surface area (Å²) in [5.74, 6) is 2.96. The topological polar surface area (TPSA) is 122 Å². The molecule has 1 aliphatic rings. The standard InChI is InChI=1S/C25H34ClN5O.CH2O3/c1-5-9-20-22-23(31(4)30-20)25(29-24(28-22)18-10-7-6-8-11-18)27-15-17-12-13-21(19(26)14-17)32-16(2)3;2-1(3)4/h12-14,16,18H,5-11,15H2,1-4H3,(H,27,28,29);(H2,2,3,4). The lowest BCUT2D eigenvalue weighted by Gasteiger charge is -2.21. The Hall–Kier alpha value is -3.07. The van der Waals surface area contributed by atoms with Gasteiger partial charge in [-0.15, -0.1) is 0 Å². The highest BCUT2D eigenvalue weighted by atomic mass is 35.5. The largest absolute Gasteiger partial charge is 0.503 e. The molecule has 0 radical (unpaired) electrons. The third kappa shape index (κ3) is 7.22. The smallest absolute Gasteiger partial charge is 0.489 e. The molecule has 4 rings (SSSR count). The monoisotopic (exact) mass is 517 g/mol. The third-order valence-corrected chi connectivity index (χ3v) is 6.34. The summed E-state index contributed by atoms with van der Waals surface area (Å²) in [5, 5.41) is 22.9. The van der Waals surface area contributed by atoms with Crippen molar-refractivity contribution in [3.8, 4) is 5.75 Å². The van der Waals surface area contributed by atoms with Gasteiger partial charge in [-0.05, 0) is 50.8 Å². The van der Waals surface area contributed by atoms with E-state index in [4.69, 9.17) is 46.4 Å². The lowest BCUT2D eigenvalue weighted by atomic mass is 9.88. The highest BCUT2D eigenvalue weighted by Crippen LogP contribution is 2.34. The number of ether oxygens (including phenoxy) is 1. The second-order valence-corrected chi connectivity index (χ2v) is 9.76. The number of nitrogens with one attached hydrogen (secondary N) is 1. The molecule has 3 aromatic rings. The van der Waals surface area contributed by atoms with Crippen molar-refractivity contribution in [3.63, 3.8) is 0 Å². The molecule has 0 saturated heterocycles. The Morgan fingerprint density at radius 3 is 2.53 bits per heavy atom. The van der Waals surface area contributed by atoms with Crippen molar-refractivity contribution >= 4 is 34.6 Å². The Morgan fingerprint density at radius 1 is 1.22 bits per heavy atom. The van der Waals surface area contributed by atoms with Gasteiger partial charge in [0.1, 0.15) is 22.6 Å². The van der Waals surface area contributed by atoms with Crippen LogP contribution in [0, 0.1) is 0 Å². The molecule has 0 spiro atoms. The molecule has 1 aliphatic carbocycles. The van der Waals surface area contributed by atoms with Crippen LogP contribution in [-0.4, -0.2) is 42.2 Å². The van der Waals surface area contributed by atoms with Crippen LogP contribution in [0.4, 0.5) is 10.6 Å². The summed E-state index contributed by atoms with van der Waals surface area (Å²) in [6, 6.07) is 5.94. The van der Waals surface area contributed by atoms with E-state index in [1.165, 1.54) is 32.1 Å². The van der Waals surface area contributed by atoms with Crippen LogP contribution in [-0.2, 0) is 20.0 Å². The Balaban J connectivity index is 0.000000840. The summed E-state index contributed by atoms with van der Waals surface area (Å²) in [4.78, 5) is 18.6. The summed E-state index contributed by atoms with van der Waals surface area (Å²) in [6.45, 7) is 6.79. The molecule has 1 fully saturated rings. The Bertz CT molecular complexity index is 1170. The fourth-order valence-corrected chi connectivity index (χ4v) is 4.77. The van der Waals surface area contributed by atoms with Crippen LogP contribution in [0.15, 0.2) is 18.2 Å². The van der Waals surface area contributed by atoms with Crippen molar-refractivity contribution < 1.29 is 19.7 Å². The minimum absolute atomic E-state index is 0.0890. The molecule has 2 aromatic heterocycles. The fraction of sp³-hybridized carbons (Fsp3) is 0.538. The van der Waals surface area contributed by atoms with Gasteiger partial charge in [-0.25, -0.2) is 14.8 Å². The number of anilines is 1. The van der Waals surface area contributed by atoms with E-state index in [1.807, 2.05) is 43.8 Å². The molecule has 196 valence electrons. The fourth-order valence-electron chi connectivity index (χ4n) is 4.52. The van der Waals surface area contributed by atoms with Crippen LogP contribution in [0.5, 0.6) is 5.75 Å². The van der Waals surface area contributed by atoms with Gasteiger partial charge in [0, 0.05) is 19.5 Å². The number of benzene rings is 1. The number of carbonyl (C=O) groups is 1. The molecular weight excluding hydrogens is 482 g/mol. The average molecular weight is 518 g/mol. The van der Waals surface area contributed by atoms with Gasteiger partial charge < -0.3 is 20.3 Å². The molecule has 2 heterocycles. The number of nitrogens with zero attached hydrogens (tertiary/aromatic N) is 4. The second kappa shape index (κ2) is 12.8. The molecule has 1 saturated carbocycles. The SMILES string of the molecule is CCCc1nn(C)c2c(NCc3ccc(OC(C)C)c(Cl)c3)nc(C3CCCCC3)nc12.O=C(O)O. The molecule has 0 unspecified atom stereocenters. The van der Waals surface area contributed by atoms with Gasteiger partial charge in [0.2, 0.25) is 0 Å². The van der Waals surface area contributed by atoms with Gasteiger partial charge in [0.15, 0.2) is 5.82 Å². The number of aromatic nitrogens is 4. The van der Waals surface area contributed by atoms with Crippen molar-refractivity contribution in [2.75, 3.05) is 5.32 Å². The van der Waals surface area contributed by atoms with E-state index < -0.39 is 6.16 Å². The third-order valence-electron chi connectivity index (χ3n) is 6.05. The first-order chi connectivity index (χ1) is 17.2. The van der Waals surface area contributed by atoms with Gasteiger partial charge in [0.05, 0.1) is 16.8 Å². The molecule has 0 bridgehead atoms. The van der Waals surface area contributed by atoms with Crippen molar-refractivity contribution in [3.05, 3.63) is 40.3 Å². The molecule has 1 aromatic carbocycles. The van der Waals surface area contributed by atoms with E-state index in [0.29, 0.717) is 23.2 Å². The van der Waals surface area contributed by atoms with E-state index in [9.17, 15) is 0 Å². The highest BCUT2D eigenvalue weighted by Gasteiger charge is 2.23. The van der Waals surface area contributed by atoms with E-state index in [-0.39, 0.29) is 6.10 Å². The van der Waals surface area contributed by atoms with Crippen LogP contribution >= 0.6 is 11.6 Å². The van der Waals surface area contributed by atoms with E-state index in [2.05, 4.69) is 12.2 Å². The van der Waals surface area contributed by atoms with Crippen LogP contribution in [0.3, 0.4) is 0 Å². The molecule has 36 heavy (non-hydrogen) atoms. The molecule has 0 aliphatic heterocycles. The van der Waals surface area contributed by atoms with Gasteiger partial charge in [0.25, 0.3) is 0 Å². The van der Waals surface area contributed by atoms with Crippen LogP contribution < -0.4 is 10.1 Å². The molecule has 9 nitrogen and oxygen atoms in total. The Labute approximate surface area is 216 Å². The Morgan fingerprint density at radius 2 is 1.92 bits per heavy atom. The zero-order chi connectivity index (χ0) is 26.2. The van der Waals surface area contributed by atoms with Crippen LogP contribution in [0.25, 0.3) is 11.0 Å². The van der Waals surface area contributed by atoms with Gasteiger partial charge in [-0.3, -0.25) is 4.68 Å². The molecular formula is C26H36ClN5O4. The number of fused-ring (bicyclic) bond motifs is 1. The molecule has 3 N–H and O–H groups in total. The number of rotatable bonds is 8. The van der Waals surface area contributed by atoms with E-state index in [0.717, 1.165) is 46.8 Å². The van der Waals surface area contributed by atoms with Gasteiger partial charge in [-0.2, -0.15) is 5.10 Å². The normalized spacial score (nSPS) is 13.9. The predicted molar refractivity (Wildman–Crippen MR) is 141 cm³/mol. The second-order valence-electron chi connectivity index (χ2n) is 9.35. The maximum absolute atomic E-state index is 8.56. The lowest BCUT2D eigenvalue weighted by Crippen LogP contribution is -2.12. The first-order valence-electron chi connectivity index (χ1n) is 12.5. The number of carboxylic acid groups (broad SMARTS) is 2. The number of aryl methyl sites for hydroxylation is 2. The van der Waals surface area contributed by atoms with Crippen molar-refractivity contribution in [2.45, 2.75) is 84.3 Å². The zero-order valence-corrected chi connectivity index (χ0v) is 22.2. The van der Waals surface area contributed by atoms with Crippen molar-refractivity contribution in [1.82, 2.24) is 19.7 Å². The summed E-state index contributed by atoms with van der Waals surface area (Å²) >= 11 is 6.45. The number of halogens is 1.